The molecule has 4 nitrogen and oxygen atoms in total. The van der Waals surface area contributed by atoms with Crippen LogP contribution in [-0.4, -0.2) is 48.1 Å². The van der Waals surface area contributed by atoms with Crippen LogP contribution >= 0.6 is 0 Å². The number of hydrogen-bond acceptors (Lipinski definition) is 4. The van der Waals surface area contributed by atoms with Crippen molar-refractivity contribution in [3.63, 3.8) is 0 Å². The average molecular weight is 219 g/mol. The molecule has 1 atom stereocenters. The van der Waals surface area contributed by atoms with Crippen molar-refractivity contribution in [2.45, 2.75) is 31.4 Å². The van der Waals surface area contributed by atoms with Crippen LogP contribution in [0.2, 0.25) is 6.04 Å². The van der Waals surface area contributed by atoms with Gasteiger partial charge in [-0.25, -0.2) is 4.73 Å². The van der Waals surface area contributed by atoms with Gasteiger partial charge in [-0.1, -0.05) is 6.42 Å². The van der Waals surface area contributed by atoms with Gasteiger partial charge >= 0.3 is 0 Å². The molecule has 0 radical (unpaired) electrons. The van der Waals surface area contributed by atoms with E-state index in [1.165, 1.54) is 18.9 Å². The highest BCUT2D eigenvalue weighted by molar-refractivity contribution is 6.31. The van der Waals surface area contributed by atoms with E-state index in [9.17, 15) is 0 Å². The summed E-state index contributed by atoms with van der Waals surface area (Å²) in [5.74, 6) is 0. The van der Waals surface area contributed by atoms with Crippen molar-refractivity contribution in [2.24, 2.45) is 0 Å². The normalized spacial score (nSPS) is 27.4. The van der Waals surface area contributed by atoms with E-state index < -0.39 is 0 Å². The molecule has 1 rings (SSSR count). The Kier molecular flexibility index (Phi) is 6.38. The maximum Gasteiger partial charge on any atom is 0.146 e. The van der Waals surface area contributed by atoms with Gasteiger partial charge in [0.05, 0.1) is 13.2 Å². The van der Waals surface area contributed by atoms with Crippen molar-refractivity contribution >= 4 is 9.68 Å². The molecule has 5 heteroatoms. The van der Waals surface area contributed by atoms with Crippen LogP contribution in [0, 0.1) is 0 Å². The molecule has 1 unspecified atom stereocenters. The van der Waals surface area contributed by atoms with Crippen LogP contribution < -0.4 is 0 Å². The molecule has 0 aromatic carbocycles. The molecule has 0 N–H and O–H groups in total. The minimum atomic E-state index is -0.152. The second-order valence-corrected chi connectivity index (χ2v) is 5.45. The quantitative estimate of drug-likeness (QED) is 0.510. The largest absolute Gasteiger partial charge is 0.359 e. The lowest BCUT2D eigenvalue weighted by atomic mass is 10.1. The topological polar surface area (TPSA) is 30.9 Å². The van der Waals surface area contributed by atoms with E-state index in [0.29, 0.717) is 12.9 Å². The molecule has 0 aromatic heterocycles. The fourth-order valence-electron chi connectivity index (χ4n) is 1.72. The number of ether oxygens (including phenoxy) is 2. The number of rotatable bonds is 4. The molecule has 0 amide bonds. The Morgan fingerprint density at radius 3 is 2.93 bits per heavy atom. The van der Waals surface area contributed by atoms with Gasteiger partial charge in [-0.3, -0.25) is 0 Å². The third-order valence-corrected chi connectivity index (χ3v) is 4.45. The first-order chi connectivity index (χ1) is 6.86. The molecular formula is C9H21NO3Si. The number of methoxy groups -OCH3 is 1. The molecule has 1 fully saturated rings. The zero-order chi connectivity index (χ0) is 10.2. The Hall–Kier alpha value is 0.0569. The molecule has 1 aliphatic heterocycles. The van der Waals surface area contributed by atoms with Gasteiger partial charge < -0.3 is 14.3 Å². The van der Waals surface area contributed by atoms with Gasteiger partial charge in [-0.2, -0.15) is 0 Å². The van der Waals surface area contributed by atoms with Gasteiger partial charge in [-0.15, -0.1) is 0 Å². The summed E-state index contributed by atoms with van der Waals surface area (Å²) in [5, 5.41) is 0. The monoisotopic (exact) mass is 219 g/mol. The average Bonchev–Trinajstić information content (AvgIpc) is 2.17. The van der Waals surface area contributed by atoms with Crippen molar-refractivity contribution in [3.8, 4) is 0 Å². The van der Waals surface area contributed by atoms with E-state index in [1.54, 1.807) is 14.2 Å². The molecule has 0 aromatic rings. The van der Waals surface area contributed by atoms with E-state index >= 15 is 0 Å². The summed E-state index contributed by atoms with van der Waals surface area (Å²) in [6.07, 6.45) is 3.85. The molecule has 1 saturated heterocycles. The van der Waals surface area contributed by atoms with Gasteiger partial charge in [-0.05, 0) is 18.9 Å². The van der Waals surface area contributed by atoms with Gasteiger partial charge in [0.15, 0.2) is 0 Å². The first-order valence-corrected chi connectivity index (χ1v) is 6.89. The Balaban J connectivity index is 2.23. The Labute approximate surface area is 88.4 Å². The van der Waals surface area contributed by atoms with Crippen LogP contribution in [0.5, 0.6) is 0 Å². The minimum Gasteiger partial charge on any atom is -0.359 e. The smallest absolute Gasteiger partial charge is 0.146 e. The Morgan fingerprint density at radius 1 is 1.36 bits per heavy atom. The fourth-order valence-corrected chi connectivity index (χ4v) is 3.17. The highest BCUT2D eigenvalue weighted by Crippen LogP contribution is 2.13. The lowest BCUT2D eigenvalue weighted by Crippen LogP contribution is -2.33. The van der Waals surface area contributed by atoms with Crippen molar-refractivity contribution in [1.82, 2.24) is 4.73 Å². The SMILES string of the molecule is COCOC1CCC[SiH2]N(OC)CC1. The molecule has 84 valence electrons. The van der Waals surface area contributed by atoms with E-state index in [2.05, 4.69) is 4.73 Å². The highest BCUT2D eigenvalue weighted by Gasteiger charge is 2.15. The minimum absolute atomic E-state index is 0.152. The van der Waals surface area contributed by atoms with Gasteiger partial charge in [0, 0.05) is 13.7 Å². The number of hydroxylamine groups is 1. The molecule has 0 bridgehead atoms. The predicted molar refractivity (Wildman–Crippen MR) is 57.7 cm³/mol. The Bertz CT molecular complexity index is 146. The highest BCUT2D eigenvalue weighted by atomic mass is 28.2. The third-order valence-electron chi connectivity index (χ3n) is 2.56. The molecule has 14 heavy (non-hydrogen) atoms. The maximum absolute atomic E-state index is 5.57. The summed E-state index contributed by atoms with van der Waals surface area (Å²) in [6.45, 7) is 1.42. The zero-order valence-electron chi connectivity index (χ0n) is 9.20. The summed E-state index contributed by atoms with van der Waals surface area (Å²) in [4.78, 5) is 5.29. The predicted octanol–water partition coefficient (Wildman–Crippen LogP) is 0.525. The van der Waals surface area contributed by atoms with Crippen LogP contribution in [0.1, 0.15) is 19.3 Å². The molecular weight excluding hydrogens is 198 g/mol. The molecule has 1 heterocycles. The zero-order valence-corrected chi connectivity index (χ0v) is 10.6. The van der Waals surface area contributed by atoms with E-state index in [0.717, 1.165) is 13.0 Å². The summed E-state index contributed by atoms with van der Waals surface area (Å²) >= 11 is 0. The Morgan fingerprint density at radius 2 is 2.21 bits per heavy atom. The van der Waals surface area contributed by atoms with Gasteiger partial charge in [0.2, 0.25) is 0 Å². The van der Waals surface area contributed by atoms with E-state index in [4.69, 9.17) is 14.3 Å². The standard InChI is InChI=1S/C9H21NO3Si/c1-11-8-13-9-4-3-7-14-10(12-2)6-5-9/h9H,3-8,14H2,1-2H3. The van der Waals surface area contributed by atoms with E-state index in [-0.39, 0.29) is 9.68 Å². The fraction of sp³-hybridized carbons (Fsp3) is 1.00. The second-order valence-electron chi connectivity index (χ2n) is 3.59. The van der Waals surface area contributed by atoms with Crippen LogP contribution in [0.4, 0.5) is 0 Å². The lowest BCUT2D eigenvalue weighted by Gasteiger charge is -2.26. The van der Waals surface area contributed by atoms with Gasteiger partial charge in [0.1, 0.15) is 16.5 Å². The summed E-state index contributed by atoms with van der Waals surface area (Å²) < 4.78 is 12.6. The van der Waals surface area contributed by atoms with Crippen molar-refractivity contribution < 1.29 is 14.3 Å². The van der Waals surface area contributed by atoms with Crippen LogP contribution in [-0.2, 0) is 14.3 Å². The number of nitrogens with zero attached hydrogens (tertiary/aromatic N) is 1. The van der Waals surface area contributed by atoms with E-state index in [1.807, 2.05) is 0 Å². The first-order valence-electron chi connectivity index (χ1n) is 5.26. The maximum atomic E-state index is 5.57. The second kappa shape index (κ2) is 7.36. The first kappa shape index (κ1) is 12.1. The van der Waals surface area contributed by atoms with Crippen molar-refractivity contribution in [3.05, 3.63) is 0 Å². The van der Waals surface area contributed by atoms with Crippen LogP contribution in [0.25, 0.3) is 0 Å². The summed E-state index contributed by atoms with van der Waals surface area (Å²) in [6, 6.07) is 1.32. The third kappa shape index (κ3) is 4.52. The molecule has 0 saturated carbocycles. The summed E-state index contributed by atoms with van der Waals surface area (Å²) in [5.41, 5.74) is 0. The van der Waals surface area contributed by atoms with Crippen molar-refractivity contribution in [2.75, 3.05) is 27.6 Å². The molecule has 0 spiro atoms. The molecule has 1 aliphatic rings. The number of hydrogen-bond donors (Lipinski definition) is 0. The van der Waals surface area contributed by atoms with Crippen LogP contribution in [0.15, 0.2) is 0 Å². The van der Waals surface area contributed by atoms with Gasteiger partial charge in [0.25, 0.3) is 0 Å². The molecule has 0 aliphatic carbocycles. The van der Waals surface area contributed by atoms with Crippen LogP contribution in [0.3, 0.4) is 0 Å². The van der Waals surface area contributed by atoms with Crippen molar-refractivity contribution in [1.29, 1.82) is 0 Å². The summed E-state index contributed by atoms with van der Waals surface area (Å²) in [7, 11) is 3.28. The lowest BCUT2D eigenvalue weighted by molar-refractivity contribution is -0.0981.